The third-order valence-corrected chi connectivity index (χ3v) is 4.81. The molecule has 3 heterocycles. The highest BCUT2D eigenvalue weighted by molar-refractivity contribution is 5.97. The zero-order valence-corrected chi connectivity index (χ0v) is 14.6. The summed E-state index contributed by atoms with van der Waals surface area (Å²) in [6.45, 7) is 0. The fourth-order valence-electron chi connectivity index (χ4n) is 3.58. The molecule has 0 saturated heterocycles. The van der Waals surface area contributed by atoms with E-state index in [-0.39, 0.29) is 5.91 Å². The maximum atomic E-state index is 13.0. The van der Waals surface area contributed by atoms with E-state index in [9.17, 15) is 9.59 Å². The van der Waals surface area contributed by atoms with Crippen LogP contribution in [0.1, 0.15) is 17.2 Å². The summed E-state index contributed by atoms with van der Waals surface area (Å²) in [5, 5.41) is 3.48. The van der Waals surface area contributed by atoms with E-state index < -0.39 is 17.6 Å². The molecule has 1 N–H and O–H groups in total. The molecular formula is C22H15NO5. The van der Waals surface area contributed by atoms with E-state index in [4.69, 9.17) is 13.6 Å². The molecule has 0 saturated carbocycles. The lowest BCUT2D eigenvalue weighted by Crippen LogP contribution is -2.35. The van der Waals surface area contributed by atoms with Gasteiger partial charge in [-0.25, -0.2) is 4.79 Å². The van der Waals surface area contributed by atoms with Crippen molar-refractivity contribution in [1.29, 1.82) is 0 Å². The lowest BCUT2D eigenvalue weighted by Gasteiger charge is -2.16. The second kappa shape index (κ2) is 6.42. The van der Waals surface area contributed by atoms with Crippen LogP contribution in [-0.4, -0.2) is 12.0 Å². The summed E-state index contributed by atoms with van der Waals surface area (Å²) in [4.78, 5) is 25.8. The molecule has 138 valence electrons. The predicted octanol–water partition coefficient (Wildman–Crippen LogP) is 3.92. The van der Waals surface area contributed by atoms with Gasteiger partial charge in [0.2, 0.25) is 0 Å². The lowest BCUT2D eigenvalue weighted by molar-refractivity contribution is -0.122. The molecule has 0 unspecified atom stereocenters. The van der Waals surface area contributed by atoms with Gasteiger partial charge in [-0.2, -0.15) is 0 Å². The fraction of sp³-hybridized carbons (Fsp3) is 0.0909. The number of carbonyl (C=O) groups is 1. The molecule has 28 heavy (non-hydrogen) atoms. The number of ether oxygens (including phenoxy) is 1. The summed E-state index contributed by atoms with van der Waals surface area (Å²) < 4.78 is 17.0. The van der Waals surface area contributed by atoms with E-state index in [0.29, 0.717) is 33.7 Å². The van der Waals surface area contributed by atoms with Crippen LogP contribution in [0, 0.1) is 0 Å². The number of amides is 1. The van der Waals surface area contributed by atoms with Crippen LogP contribution in [0.2, 0.25) is 0 Å². The number of nitrogens with one attached hydrogen (secondary N) is 1. The Kier molecular flexibility index (Phi) is 3.76. The van der Waals surface area contributed by atoms with Crippen LogP contribution in [0.3, 0.4) is 0 Å². The highest BCUT2D eigenvalue weighted by Gasteiger charge is 2.45. The predicted molar refractivity (Wildman–Crippen MR) is 103 cm³/mol. The van der Waals surface area contributed by atoms with Crippen molar-refractivity contribution >= 4 is 22.6 Å². The molecule has 6 nitrogen and oxygen atoms in total. The Hall–Kier alpha value is -3.80. The van der Waals surface area contributed by atoms with Crippen molar-refractivity contribution < 1.29 is 18.4 Å². The lowest BCUT2D eigenvalue weighted by atomic mass is 9.93. The zero-order chi connectivity index (χ0) is 19.1. The fourth-order valence-corrected chi connectivity index (χ4v) is 3.58. The molecule has 1 aliphatic rings. The number of furan rings is 1. The monoisotopic (exact) mass is 373 g/mol. The van der Waals surface area contributed by atoms with Gasteiger partial charge in [0.15, 0.2) is 6.10 Å². The topological polar surface area (TPSA) is 81.7 Å². The van der Waals surface area contributed by atoms with Crippen molar-refractivity contribution in [2.45, 2.75) is 12.0 Å². The molecule has 0 radical (unpaired) electrons. The Morgan fingerprint density at radius 2 is 1.71 bits per heavy atom. The van der Waals surface area contributed by atoms with Crippen molar-refractivity contribution in [3.63, 3.8) is 0 Å². The van der Waals surface area contributed by atoms with Gasteiger partial charge in [-0.05, 0) is 36.4 Å². The molecule has 0 fully saturated rings. The van der Waals surface area contributed by atoms with Crippen LogP contribution >= 0.6 is 0 Å². The minimum absolute atomic E-state index is 0.293. The summed E-state index contributed by atoms with van der Waals surface area (Å²) in [5.41, 5.74) is 0.808. The number of rotatable bonds is 3. The molecular weight excluding hydrogens is 358 g/mol. The molecule has 2 atom stereocenters. The minimum Gasteiger partial charge on any atom is -0.478 e. The summed E-state index contributed by atoms with van der Waals surface area (Å²) in [6.07, 6.45) is 0.539. The van der Waals surface area contributed by atoms with Crippen LogP contribution in [-0.2, 0) is 4.79 Å². The third-order valence-electron chi connectivity index (χ3n) is 4.81. The Morgan fingerprint density at radius 3 is 2.50 bits per heavy atom. The molecule has 1 aliphatic heterocycles. The highest BCUT2D eigenvalue weighted by atomic mass is 16.5. The second-order valence-electron chi connectivity index (χ2n) is 6.52. The van der Waals surface area contributed by atoms with Gasteiger partial charge < -0.3 is 18.9 Å². The maximum Gasteiger partial charge on any atom is 0.344 e. The quantitative estimate of drug-likeness (QED) is 0.551. The first-order valence-electron chi connectivity index (χ1n) is 8.84. The zero-order valence-electron chi connectivity index (χ0n) is 14.6. The van der Waals surface area contributed by atoms with Crippen LogP contribution in [0.5, 0.6) is 5.75 Å². The van der Waals surface area contributed by atoms with E-state index in [2.05, 4.69) is 5.32 Å². The molecule has 5 rings (SSSR count). The van der Waals surface area contributed by atoms with Crippen LogP contribution in [0.25, 0.3) is 11.0 Å². The van der Waals surface area contributed by atoms with Crippen molar-refractivity contribution in [3.05, 3.63) is 94.7 Å². The average Bonchev–Trinajstić information content (AvgIpc) is 3.37. The summed E-state index contributed by atoms with van der Waals surface area (Å²) in [6, 6.07) is 19.6. The van der Waals surface area contributed by atoms with E-state index in [1.54, 1.807) is 42.5 Å². The second-order valence-corrected chi connectivity index (χ2v) is 6.52. The number of para-hydroxylation sites is 2. The Labute approximate surface area is 159 Å². The van der Waals surface area contributed by atoms with Gasteiger partial charge in [0.25, 0.3) is 5.91 Å². The smallest absolute Gasteiger partial charge is 0.344 e. The molecule has 1 amide bonds. The van der Waals surface area contributed by atoms with Crippen molar-refractivity contribution in [1.82, 2.24) is 0 Å². The van der Waals surface area contributed by atoms with Gasteiger partial charge >= 0.3 is 5.63 Å². The van der Waals surface area contributed by atoms with Crippen LogP contribution in [0.4, 0.5) is 5.69 Å². The molecule has 0 aliphatic carbocycles. The number of fused-ring (bicyclic) bond motifs is 3. The van der Waals surface area contributed by atoms with Crippen LogP contribution < -0.4 is 15.7 Å². The Balaban J connectivity index is 1.63. The number of carbonyl (C=O) groups excluding carboxylic acids is 1. The van der Waals surface area contributed by atoms with E-state index >= 15 is 0 Å². The Bertz CT molecular complexity index is 1210. The summed E-state index contributed by atoms with van der Waals surface area (Å²) in [5.74, 6) is -0.238. The summed E-state index contributed by atoms with van der Waals surface area (Å²) >= 11 is 0. The van der Waals surface area contributed by atoms with E-state index in [1.165, 1.54) is 6.26 Å². The molecule has 0 spiro atoms. The van der Waals surface area contributed by atoms with Gasteiger partial charge in [0.05, 0.1) is 23.1 Å². The first-order valence-corrected chi connectivity index (χ1v) is 8.84. The van der Waals surface area contributed by atoms with Crippen molar-refractivity contribution in [3.8, 4) is 5.75 Å². The summed E-state index contributed by atoms with van der Waals surface area (Å²) in [7, 11) is 0. The SMILES string of the molecule is O=C(Nc1ccccc1)[C@@H]1Oc2c(c(=O)oc3ccccc23)[C@@H]1c1ccco1. The van der Waals surface area contributed by atoms with Gasteiger partial charge in [0.1, 0.15) is 17.1 Å². The first-order chi connectivity index (χ1) is 13.7. The largest absolute Gasteiger partial charge is 0.478 e. The molecule has 4 aromatic rings. The average molecular weight is 373 g/mol. The maximum absolute atomic E-state index is 13.0. The number of anilines is 1. The van der Waals surface area contributed by atoms with Crippen LogP contribution in [0.15, 0.2) is 86.6 Å². The van der Waals surface area contributed by atoms with Gasteiger partial charge in [-0.3, -0.25) is 4.79 Å². The van der Waals surface area contributed by atoms with E-state index in [1.807, 2.05) is 24.3 Å². The molecule has 0 bridgehead atoms. The molecule has 2 aromatic heterocycles. The number of benzene rings is 2. The number of hydrogen-bond donors (Lipinski definition) is 1. The molecule has 6 heteroatoms. The van der Waals surface area contributed by atoms with Gasteiger partial charge in [-0.1, -0.05) is 30.3 Å². The van der Waals surface area contributed by atoms with Gasteiger partial charge in [0, 0.05) is 5.69 Å². The first kappa shape index (κ1) is 16.4. The van der Waals surface area contributed by atoms with E-state index in [0.717, 1.165) is 0 Å². The normalized spacial score (nSPS) is 17.9. The highest BCUT2D eigenvalue weighted by Crippen LogP contribution is 2.44. The molecule has 2 aromatic carbocycles. The number of hydrogen-bond acceptors (Lipinski definition) is 5. The Morgan fingerprint density at radius 1 is 0.929 bits per heavy atom. The minimum atomic E-state index is -0.963. The van der Waals surface area contributed by atoms with Gasteiger partial charge in [-0.15, -0.1) is 0 Å². The van der Waals surface area contributed by atoms with Crippen molar-refractivity contribution in [2.75, 3.05) is 5.32 Å². The van der Waals surface area contributed by atoms with Crippen molar-refractivity contribution in [2.24, 2.45) is 0 Å². The standard InChI is InChI=1S/C22H15NO5/c24-21(23-13-7-2-1-3-8-13)20-17(16-11-6-12-26-16)18-19(28-20)14-9-4-5-10-15(14)27-22(18)25/h1-12,17,20H,(H,23,24)/t17-,20+/m0/s1. The third kappa shape index (κ3) is 2.58.